The van der Waals surface area contributed by atoms with Crippen molar-refractivity contribution in [3.05, 3.63) is 29.6 Å². The van der Waals surface area contributed by atoms with Crippen LogP contribution in [0.15, 0.2) is 18.2 Å². The van der Waals surface area contributed by atoms with Gasteiger partial charge < -0.3 is 15.2 Å². The topological polar surface area (TPSA) is 44.5 Å². The van der Waals surface area contributed by atoms with Crippen molar-refractivity contribution in [3.63, 3.8) is 0 Å². The lowest BCUT2D eigenvalue weighted by atomic mass is 9.93. The lowest BCUT2D eigenvalue weighted by Gasteiger charge is -2.28. The summed E-state index contributed by atoms with van der Waals surface area (Å²) in [4.78, 5) is 0. The van der Waals surface area contributed by atoms with Gasteiger partial charge in [0.05, 0.1) is 19.8 Å². The zero-order valence-corrected chi connectivity index (χ0v) is 10.7. The molecule has 0 radical (unpaired) electrons. The molecule has 0 saturated heterocycles. The van der Waals surface area contributed by atoms with Gasteiger partial charge in [0.1, 0.15) is 0 Å². The maximum atomic E-state index is 13.5. The molecule has 2 atom stereocenters. The predicted molar refractivity (Wildman–Crippen MR) is 68.0 cm³/mol. The summed E-state index contributed by atoms with van der Waals surface area (Å²) >= 11 is 0. The van der Waals surface area contributed by atoms with Crippen molar-refractivity contribution in [2.24, 2.45) is 5.73 Å². The van der Waals surface area contributed by atoms with Crippen molar-refractivity contribution in [2.45, 2.75) is 44.4 Å². The van der Waals surface area contributed by atoms with E-state index in [-0.39, 0.29) is 23.7 Å². The van der Waals surface area contributed by atoms with Crippen LogP contribution in [-0.4, -0.2) is 19.3 Å². The molecule has 0 heterocycles. The Morgan fingerprint density at radius 3 is 2.78 bits per heavy atom. The first-order valence-corrected chi connectivity index (χ1v) is 6.40. The molecule has 4 heteroatoms. The quantitative estimate of drug-likeness (QED) is 0.897. The van der Waals surface area contributed by atoms with E-state index in [2.05, 4.69) is 0 Å². The normalized spacial score (nSPS) is 23.9. The van der Waals surface area contributed by atoms with E-state index in [1.807, 2.05) is 6.07 Å². The molecule has 0 spiro atoms. The molecule has 1 fully saturated rings. The van der Waals surface area contributed by atoms with E-state index in [1.54, 1.807) is 6.07 Å². The molecule has 0 amide bonds. The molecule has 2 rings (SSSR count). The number of rotatable bonds is 4. The van der Waals surface area contributed by atoms with Gasteiger partial charge in [-0.15, -0.1) is 0 Å². The highest BCUT2D eigenvalue weighted by Gasteiger charge is 2.22. The summed E-state index contributed by atoms with van der Waals surface area (Å²) < 4.78 is 24.1. The number of ether oxygens (including phenoxy) is 2. The van der Waals surface area contributed by atoms with Gasteiger partial charge in [-0.05, 0) is 30.5 Å². The summed E-state index contributed by atoms with van der Waals surface area (Å²) in [6, 6.07) is 5.00. The number of benzene rings is 1. The average Bonchev–Trinajstić information content (AvgIpc) is 2.38. The minimum Gasteiger partial charge on any atom is -0.494 e. The van der Waals surface area contributed by atoms with Crippen molar-refractivity contribution in [1.82, 2.24) is 0 Å². The molecule has 2 unspecified atom stereocenters. The van der Waals surface area contributed by atoms with E-state index in [9.17, 15) is 4.39 Å². The standard InChI is InChI=1S/C14H20FNO2/c1-17-13-7-6-10(8-11(13)15)9-18-14-5-3-2-4-12(14)16/h6-8,12,14H,2-5,9,16H2,1H3. The zero-order valence-electron chi connectivity index (χ0n) is 10.7. The fourth-order valence-corrected chi connectivity index (χ4v) is 2.34. The van der Waals surface area contributed by atoms with Crippen LogP contribution in [0.4, 0.5) is 4.39 Å². The van der Waals surface area contributed by atoms with E-state index < -0.39 is 0 Å². The fraction of sp³-hybridized carbons (Fsp3) is 0.571. The third kappa shape index (κ3) is 3.21. The van der Waals surface area contributed by atoms with Crippen LogP contribution < -0.4 is 10.5 Å². The Morgan fingerprint density at radius 2 is 2.11 bits per heavy atom. The molecule has 3 nitrogen and oxygen atoms in total. The van der Waals surface area contributed by atoms with Crippen molar-refractivity contribution in [1.29, 1.82) is 0 Å². The predicted octanol–water partition coefficient (Wildman–Crippen LogP) is 2.62. The van der Waals surface area contributed by atoms with Crippen LogP contribution in [0.25, 0.3) is 0 Å². The summed E-state index contributed by atoms with van der Waals surface area (Å²) in [7, 11) is 1.45. The number of hydrogen-bond donors (Lipinski definition) is 1. The molecule has 0 aromatic heterocycles. The summed E-state index contributed by atoms with van der Waals surface area (Å²) in [5.41, 5.74) is 6.81. The van der Waals surface area contributed by atoms with Crippen LogP contribution >= 0.6 is 0 Å². The largest absolute Gasteiger partial charge is 0.494 e. The van der Waals surface area contributed by atoms with Crippen LogP contribution in [0.5, 0.6) is 5.75 Å². The lowest BCUT2D eigenvalue weighted by Crippen LogP contribution is -2.39. The third-order valence-electron chi connectivity index (χ3n) is 3.43. The molecule has 1 aromatic rings. The SMILES string of the molecule is COc1ccc(COC2CCCCC2N)cc1F. The molecule has 0 bridgehead atoms. The van der Waals surface area contributed by atoms with Crippen molar-refractivity contribution in [2.75, 3.05) is 7.11 Å². The van der Waals surface area contributed by atoms with Gasteiger partial charge in [-0.25, -0.2) is 4.39 Å². The van der Waals surface area contributed by atoms with E-state index in [1.165, 1.54) is 19.6 Å². The van der Waals surface area contributed by atoms with Crippen molar-refractivity contribution < 1.29 is 13.9 Å². The van der Waals surface area contributed by atoms with E-state index in [0.29, 0.717) is 6.61 Å². The minimum absolute atomic E-state index is 0.101. The van der Waals surface area contributed by atoms with Crippen LogP contribution in [0.3, 0.4) is 0 Å². The van der Waals surface area contributed by atoms with E-state index in [4.69, 9.17) is 15.2 Å². The van der Waals surface area contributed by atoms with E-state index in [0.717, 1.165) is 24.8 Å². The molecule has 1 aliphatic carbocycles. The molecule has 1 aromatic carbocycles. The van der Waals surface area contributed by atoms with E-state index >= 15 is 0 Å². The monoisotopic (exact) mass is 253 g/mol. The average molecular weight is 253 g/mol. The summed E-state index contributed by atoms with van der Waals surface area (Å²) in [5, 5.41) is 0. The molecule has 2 N–H and O–H groups in total. The smallest absolute Gasteiger partial charge is 0.165 e. The molecular formula is C14H20FNO2. The molecule has 1 saturated carbocycles. The van der Waals surface area contributed by atoms with Gasteiger partial charge in [0.2, 0.25) is 0 Å². The highest BCUT2D eigenvalue weighted by Crippen LogP contribution is 2.22. The number of hydrogen-bond acceptors (Lipinski definition) is 3. The van der Waals surface area contributed by atoms with Crippen LogP contribution in [-0.2, 0) is 11.3 Å². The Kier molecular flexibility index (Phi) is 4.55. The Hall–Kier alpha value is -1.13. The summed E-state index contributed by atoms with van der Waals surface area (Å²) in [6.07, 6.45) is 4.46. The fourth-order valence-electron chi connectivity index (χ4n) is 2.34. The first-order chi connectivity index (χ1) is 8.70. The Labute approximate surface area is 107 Å². The number of nitrogens with two attached hydrogens (primary N) is 1. The minimum atomic E-state index is -0.355. The number of halogens is 1. The maximum Gasteiger partial charge on any atom is 0.165 e. The molecular weight excluding hydrogens is 233 g/mol. The summed E-state index contributed by atoms with van der Waals surface area (Å²) in [5.74, 6) is -0.0975. The van der Waals surface area contributed by atoms with Crippen LogP contribution in [0.1, 0.15) is 31.2 Å². The lowest BCUT2D eigenvalue weighted by molar-refractivity contribution is 0.00393. The van der Waals surface area contributed by atoms with Gasteiger partial charge in [0, 0.05) is 6.04 Å². The van der Waals surface area contributed by atoms with Crippen molar-refractivity contribution >= 4 is 0 Å². The first-order valence-electron chi connectivity index (χ1n) is 6.40. The number of methoxy groups -OCH3 is 1. The maximum absolute atomic E-state index is 13.5. The van der Waals surface area contributed by atoms with Gasteiger partial charge in [0.15, 0.2) is 11.6 Å². The molecule has 0 aliphatic heterocycles. The highest BCUT2D eigenvalue weighted by atomic mass is 19.1. The van der Waals surface area contributed by atoms with Crippen LogP contribution in [0, 0.1) is 5.82 Å². The van der Waals surface area contributed by atoms with Gasteiger partial charge in [-0.3, -0.25) is 0 Å². The van der Waals surface area contributed by atoms with Crippen LogP contribution in [0.2, 0.25) is 0 Å². The first kappa shape index (κ1) is 13.3. The third-order valence-corrected chi connectivity index (χ3v) is 3.43. The van der Waals surface area contributed by atoms with Gasteiger partial charge in [0.25, 0.3) is 0 Å². The molecule has 18 heavy (non-hydrogen) atoms. The van der Waals surface area contributed by atoms with Gasteiger partial charge >= 0.3 is 0 Å². The van der Waals surface area contributed by atoms with Crippen molar-refractivity contribution in [3.8, 4) is 5.75 Å². The Bertz CT molecular complexity index is 397. The summed E-state index contributed by atoms with van der Waals surface area (Å²) in [6.45, 7) is 0.402. The Balaban J connectivity index is 1.91. The highest BCUT2D eigenvalue weighted by molar-refractivity contribution is 5.28. The zero-order chi connectivity index (χ0) is 13.0. The van der Waals surface area contributed by atoms with Gasteiger partial charge in [-0.2, -0.15) is 0 Å². The van der Waals surface area contributed by atoms with Gasteiger partial charge in [-0.1, -0.05) is 18.9 Å². The second-order valence-corrected chi connectivity index (χ2v) is 4.77. The molecule has 100 valence electrons. The second kappa shape index (κ2) is 6.16. The Morgan fingerprint density at radius 1 is 1.33 bits per heavy atom. The molecule has 1 aliphatic rings. The second-order valence-electron chi connectivity index (χ2n) is 4.77.